The van der Waals surface area contributed by atoms with Gasteiger partial charge in [0.2, 0.25) is 5.91 Å². The Morgan fingerprint density at radius 1 is 1.13 bits per heavy atom. The number of para-hydroxylation sites is 2. The first-order valence-corrected chi connectivity index (χ1v) is 7.76. The zero-order valence-corrected chi connectivity index (χ0v) is 12.9. The molecule has 1 amide bonds. The predicted octanol–water partition coefficient (Wildman–Crippen LogP) is 1.99. The van der Waals surface area contributed by atoms with Crippen molar-refractivity contribution in [2.75, 3.05) is 29.9 Å². The number of hydrogen-bond acceptors (Lipinski definition) is 4. The number of ether oxygens (including phenoxy) is 1. The summed E-state index contributed by atoms with van der Waals surface area (Å²) in [6, 6.07) is 17.3. The molecule has 0 saturated carbocycles. The summed E-state index contributed by atoms with van der Waals surface area (Å²) in [5.41, 5.74) is 8.88. The van der Waals surface area contributed by atoms with Gasteiger partial charge in [-0.15, -0.1) is 0 Å². The molecule has 3 rings (SSSR count). The van der Waals surface area contributed by atoms with Crippen LogP contribution in [0, 0.1) is 0 Å². The number of benzene rings is 2. The van der Waals surface area contributed by atoms with Crippen LogP contribution in [-0.2, 0) is 16.1 Å². The first kappa shape index (κ1) is 15.5. The molecule has 3 N–H and O–H groups in total. The number of nitrogens with one attached hydrogen (secondary N) is 1. The topological polar surface area (TPSA) is 67.6 Å². The van der Waals surface area contributed by atoms with Gasteiger partial charge in [-0.1, -0.05) is 42.5 Å². The fourth-order valence-corrected chi connectivity index (χ4v) is 2.65. The van der Waals surface area contributed by atoms with Gasteiger partial charge in [0, 0.05) is 13.1 Å². The summed E-state index contributed by atoms with van der Waals surface area (Å²) in [7, 11) is 0. The van der Waals surface area contributed by atoms with Gasteiger partial charge in [0.1, 0.15) is 6.04 Å². The van der Waals surface area contributed by atoms with Crippen molar-refractivity contribution in [3.63, 3.8) is 0 Å². The summed E-state index contributed by atoms with van der Waals surface area (Å²) in [6.07, 6.45) is 0. The SMILES string of the molecule is N[C@H]1CN(CCOCc2ccccc2)c2ccccc2NC1=O. The Morgan fingerprint density at radius 3 is 2.70 bits per heavy atom. The lowest BCUT2D eigenvalue weighted by atomic mass is 10.2. The van der Waals surface area contributed by atoms with Gasteiger partial charge in [-0.3, -0.25) is 4.79 Å². The van der Waals surface area contributed by atoms with Gasteiger partial charge in [-0.05, 0) is 17.7 Å². The third kappa shape index (κ3) is 3.88. The highest BCUT2D eigenvalue weighted by Crippen LogP contribution is 2.27. The maximum Gasteiger partial charge on any atom is 0.243 e. The molecule has 2 aromatic carbocycles. The predicted molar refractivity (Wildman–Crippen MR) is 91.4 cm³/mol. The maximum atomic E-state index is 11.9. The smallest absolute Gasteiger partial charge is 0.243 e. The number of carbonyl (C=O) groups excluding carboxylic acids is 1. The molecular formula is C18H21N3O2. The summed E-state index contributed by atoms with van der Waals surface area (Å²) in [5, 5.41) is 2.87. The van der Waals surface area contributed by atoms with Crippen molar-refractivity contribution in [3.8, 4) is 0 Å². The zero-order chi connectivity index (χ0) is 16.1. The van der Waals surface area contributed by atoms with Crippen LogP contribution in [0.1, 0.15) is 5.56 Å². The number of anilines is 2. The molecule has 5 nitrogen and oxygen atoms in total. The average Bonchev–Trinajstić information content (AvgIpc) is 2.70. The second-order valence-electron chi connectivity index (χ2n) is 5.60. The first-order chi connectivity index (χ1) is 11.2. The van der Waals surface area contributed by atoms with Crippen LogP contribution in [0.5, 0.6) is 0 Å². The second kappa shape index (κ2) is 7.26. The van der Waals surface area contributed by atoms with Gasteiger partial charge in [-0.25, -0.2) is 0 Å². The fourth-order valence-electron chi connectivity index (χ4n) is 2.65. The Hall–Kier alpha value is -2.37. The van der Waals surface area contributed by atoms with Gasteiger partial charge in [0.25, 0.3) is 0 Å². The van der Waals surface area contributed by atoms with Crippen molar-refractivity contribution in [1.29, 1.82) is 0 Å². The minimum Gasteiger partial charge on any atom is -0.375 e. The highest BCUT2D eigenvalue weighted by molar-refractivity contribution is 5.99. The van der Waals surface area contributed by atoms with E-state index < -0.39 is 6.04 Å². The molecule has 1 aliphatic heterocycles. The van der Waals surface area contributed by atoms with E-state index in [1.54, 1.807) is 0 Å². The second-order valence-corrected chi connectivity index (χ2v) is 5.60. The van der Waals surface area contributed by atoms with Crippen molar-refractivity contribution in [2.45, 2.75) is 12.6 Å². The molecule has 1 heterocycles. The number of amides is 1. The molecule has 1 atom stereocenters. The summed E-state index contributed by atoms with van der Waals surface area (Å²) >= 11 is 0. The quantitative estimate of drug-likeness (QED) is 0.829. The molecule has 120 valence electrons. The van der Waals surface area contributed by atoms with Gasteiger partial charge in [0.15, 0.2) is 0 Å². The van der Waals surface area contributed by atoms with Crippen LogP contribution in [0.2, 0.25) is 0 Å². The van der Waals surface area contributed by atoms with Crippen LogP contribution in [-0.4, -0.2) is 31.6 Å². The lowest BCUT2D eigenvalue weighted by Gasteiger charge is -2.25. The van der Waals surface area contributed by atoms with Crippen LogP contribution >= 0.6 is 0 Å². The highest BCUT2D eigenvalue weighted by Gasteiger charge is 2.24. The van der Waals surface area contributed by atoms with E-state index in [0.29, 0.717) is 26.3 Å². The molecule has 1 aliphatic rings. The number of nitrogens with two attached hydrogens (primary N) is 1. The lowest BCUT2D eigenvalue weighted by molar-refractivity contribution is -0.117. The van der Waals surface area contributed by atoms with E-state index in [1.165, 1.54) is 0 Å². The molecule has 0 aliphatic carbocycles. The number of carbonyl (C=O) groups is 1. The molecule has 0 radical (unpaired) electrons. The summed E-state index contributed by atoms with van der Waals surface area (Å²) in [5.74, 6) is -0.148. The van der Waals surface area contributed by atoms with Crippen molar-refractivity contribution in [2.24, 2.45) is 5.73 Å². The van der Waals surface area contributed by atoms with Crippen molar-refractivity contribution in [3.05, 3.63) is 60.2 Å². The van der Waals surface area contributed by atoms with Crippen molar-refractivity contribution >= 4 is 17.3 Å². The number of nitrogens with zero attached hydrogens (tertiary/aromatic N) is 1. The minimum atomic E-state index is -0.545. The number of hydrogen-bond donors (Lipinski definition) is 2. The van der Waals surface area contributed by atoms with Gasteiger partial charge in [0.05, 0.1) is 24.6 Å². The van der Waals surface area contributed by atoms with E-state index >= 15 is 0 Å². The molecule has 0 saturated heterocycles. The standard InChI is InChI=1S/C18H21N3O2/c19-15-12-21(10-11-23-13-14-6-2-1-3-7-14)17-9-5-4-8-16(17)20-18(15)22/h1-9,15H,10-13,19H2,(H,20,22)/t15-/m0/s1. The van der Waals surface area contributed by atoms with Crippen LogP contribution < -0.4 is 16.0 Å². The Balaban J connectivity index is 1.61. The van der Waals surface area contributed by atoms with E-state index in [-0.39, 0.29) is 5.91 Å². The Labute approximate surface area is 136 Å². The van der Waals surface area contributed by atoms with Crippen LogP contribution in [0.4, 0.5) is 11.4 Å². The zero-order valence-electron chi connectivity index (χ0n) is 12.9. The highest BCUT2D eigenvalue weighted by atomic mass is 16.5. The monoisotopic (exact) mass is 311 g/mol. The molecule has 0 aromatic heterocycles. The molecule has 0 unspecified atom stereocenters. The fraction of sp³-hybridized carbons (Fsp3) is 0.278. The average molecular weight is 311 g/mol. The third-order valence-electron chi connectivity index (χ3n) is 3.87. The molecule has 5 heteroatoms. The molecule has 23 heavy (non-hydrogen) atoms. The first-order valence-electron chi connectivity index (χ1n) is 7.76. The van der Waals surface area contributed by atoms with Crippen LogP contribution in [0.15, 0.2) is 54.6 Å². The third-order valence-corrected chi connectivity index (χ3v) is 3.87. The van der Waals surface area contributed by atoms with Gasteiger partial charge < -0.3 is 20.7 Å². The lowest BCUT2D eigenvalue weighted by Crippen LogP contribution is -2.44. The summed E-state index contributed by atoms with van der Waals surface area (Å²) in [6.45, 7) is 2.33. The van der Waals surface area contributed by atoms with Crippen molar-refractivity contribution in [1.82, 2.24) is 0 Å². The number of fused-ring (bicyclic) bond motifs is 1. The maximum absolute atomic E-state index is 11.9. The van der Waals surface area contributed by atoms with Gasteiger partial charge >= 0.3 is 0 Å². The molecule has 2 aromatic rings. The molecule has 0 fully saturated rings. The summed E-state index contributed by atoms with van der Waals surface area (Å²) < 4.78 is 5.75. The van der Waals surface area contributed by atoms with E-state index in [2.05, 4.69) is 10.2 Å². The largest absolute Gasteiger partial charge is 0.375 e. The van der Waals surface area contributed by atoms with Crippen molar-refractivity contribution < 1.29 is 9.53 Å². The van der Waals surface area contributed by atoms with Crippen LogP contribution in [0.3, 0.4) is 0 Å². The minimum absolute atomic E-state index is 0.148. The van der Waals surface area contributed by atoms with Crippen LogP contribution in [0.25, 0.3) is 0 Å². The van der Waals surface area contributed by atoms with E-state index in [4.69, 9.17) is 10.5 Å². The molecular weight excluding hydrogens is 290 g/mol. The van der Waals surface area contributed by atoms with E-state index in [0.717, 1.165) is 16.9 Å². The van der Waals surface area contributed by atoms with E-state index in [9.17, 15) is 4.79 Å². The normalized spacial score (nSPS) is 17.3. The Bertz CT molecular complexity index is 660. The number of rotatable bonds is 5. The Morgan fingerprint density at radius 2 is 1.87 bits per heavy atom. The molecule has 0 bridgehead atoms. The van der Waals surface area contributed by atoms with Gasteiger partial charge in [-0.2, -0.15) is 0 Å². The molecule has 0 spiro atoms. The van der Waals surface area contributed by atoms with E-state index in [1.807, 2.05) is 54.6 Å². The summed E-state index contributed by atoms with van der Waals surface area (Å²) in [4.78, 5) is 14.0. The Kier molecular flexibility index (Phi) is 4.90.